The van der Waals surface area contributed by atoms with Gasteiger partial charge >= 0.3 is 0 Å². The molecule has 0 aliphatic carbocycles. The molecule has 0 bridgehead atoms. The molecule has 0 fully saturated rings. The topological polar surface area (TPSA) is 60.7 Å². The van der Waals surface area contributed by atoms with Crippen LogP contribution in [0.1, 0.15) is 82.1 Å². The van der Waals surface area contributed by atoms with E-state index in [-0.39, 0.29) is 0 Å². The average Bonchev–Trinajstić information content (AvgIpc) is 2.86. The Kier molecular flexibility index (Phi) is 52.7. The van der Waals surface area contributed by atoms with Crippen molar-refractivity contribution in [3.8, 4) is 17.2 Å². The summed E-state index contributed by atoms with van der Waals surface area (Å²) in [4.78, 5) is 0. The molecule has 0 amide bonds. The second-order valence-corrected chi connectivity index (χ2v) is 5.42. The zero-order valence-electron chi connectivity index (χ0n) is 22.9. The molecule has 3 nitrogen and oxygen atoms in total. The van der Waals surface area contributed by atoms with Crippen molar-refractivity contribution < 1.29 is 15.3 Å². The lowest BCUT2D eigenvalue weighted by atomic mass is 10.3. The van der Waals surface area contributed by atoms with E-state index >= 15 is 0 Å². The normalized spacial score (nSPS) is 7.09. The smallest absolute Gasteiger partial charge is 0.115 e. The summed E-state index contributed by atoms with van der Waals surface area (Å²) in [5.41, 5.74) is 0. The number of para-hydroxylation sites is 3. The lowest BCUT2D eigenvalue weighted by Gasteiger charge is -1.82. The van der Waals surface area contributed by atoms with Gasteiger partial charge in [0.2, 0.25) is 0 Å². The predicted molar refractivity (Wildman–Crippen MR) is 150 cm³/mol. The molecule has 0 aliphatic rings. The fourth-order valence-corrected chi connectivity index (χ4v) is 1.28. The summed E-state index contributed by atoms with van der Waals surface area (Å²) in [6.45, 7) is 20.5. The highest BCUT2D eigenvalue weighted by Crippen LogP contribution is 2.04. The highest BCUT2D eigenvalue weighted by Gasteiger charge is 1.76. The molecule has 33 heavy (non-hydrogen) atoms. The predicted octanol–water partition coefficient (Wildman–Crippen LogP) is 10.1. The van der Waals surface area contributed by atoms with Crippen LogP contribution in [0, 0.1) is 0 Å². The molecule has 0 saturated heterocycles. The number of phenolic OH excluding ortho intramolecular Hbond substituents is 3. The molecule has 0 spiro atoms. The molecule has 0 unspecified atom stereocenters. The van der Waals surface area contributed by atoms with Gasteiger partial charge in [0.15, 0.2) is 0 Å². The van der Waals surface area contributed by atoms with Crippen molar-refractivity contribution in [2.45, 2.75) is 82.1 Å². The van der Waals surface area contributed by atoms with Crippen LogP contribution < -0.4 is 0 Å². The van der Waals surface area contributed by atoms with E-state index in [0.29, 0.717) is 17.2 Å². The maximum Gasteiger partial charge on any atom is 0.115 e. The molecule has 190 valence electrons. The molecule has 0 radical (unpaired) electrons. The van der Waals surface area contributed by atoms with E-state index in [1.54, 1.807) is 72.8 Å². The van der Waals surface area contributed by atoms with E-state index in [1.165, 1.54) is 12.8 Å². The third kappa shape index (κ3) is 48.0. The minimum Gasteiger partial charge on any atom is -0.508 e. The van der Waals surface area contributed by atoms with Crippen LogP contribution in [0.5, 0.6) is 17.2 Å². The minimum absolute atomic E-state index is 0.322. The van der Waals surface area contributed by atoms with E-state index < -0.39 is 0 Å². The van der Waals surface area contributed by atoms with Crippen LogP contribution in [0.15, 0.2) is 91.0 Å². The molecule has 3 rings (SSSR count). The number of phenols is 3. The van der Waals surface area contributed by atoms with E-state index in [0.717, 1.165) is 0 Å². The largest absolute Gasteiger partial charge is 0.508 e. The van der Waals surface area contributed by atoms with Gasteiger partial charge in [-0.15, -0.1) is 0 Å². The third-order valence-corrected chi connectivity index (χ3v) is 2.27. The van der Waals surface area contributed by atoms with Crippen molar-refractivity contribution in [1.82, 2.24) is 0 Å². The minimum atomic E-state index is 0.322. The Morgan fingerprint density at radius 3 is 0.545 bits per heavy atom. The van der Waals surface area contributed by atoms with Crippen LogP contribution in [-0.4, -0.2) is 15.3 Å². The van der Waals surface area contributed by atoms with Gasteiger partial charge in [-0.1, -0.05) is 137 Å². The molecule has 0 saturated carbocycles. The van der Waals surface area contributed by atoms with E-state index in [9.17, 15) is 0 Å². The summed E-state index contributed by atoms with van der Waals surface area (Å²) in [5.74, 6) is 0.965. The first-order valence-electron chi connectivity index (χ1n) is 12.2. The van der Waals surface area contributed by atoms with E-state index in [2.05, 4.69) is 27.7 Å². The molecule has 3 heteroatoms. The molecule has 0 heterocycles. The first-order valence-corrected chi connectivity index (χ1v) is 12.2. The third-order valence-electron chi connectivity index (χ3n) is 2.27. The van der Waals surface area contributed by atoms with E-state index in [1.807, 2.05) is 59.7 Å². The Bertz CT molecular complexity index is 521. The Hall–Kier alpha value is -2.94. The van der Waals surface area contributed by atoms with Crippen molar-refractivity contribution in [2.75, 3.05) is 0 Å². The highest BCUT2D eigenvalue weighted by atomic mass is 16.3. The molecule has 3 aromatic rings. The summed E-state index contributed by atoms with van der Waals surface area (Å²) in [7, 11) is 0. The lowest BCUT2D eigenvalue weighted by molar-refractivity contribution is 0.475. The van der Waals surface area contributed by atoms with Gasteiger partial charge in [-0.25, -0.2) is 0 Å². The maximum absolute atomic E-state index is 8.63. The SMILES string of the molecule is CC.CC.CC.CCC.CCC.Oc1ccccc1.Oc1ccccc1.Oc1ccccc1. The van der Waals surface area contributed by atoms with Crippen molar-refractivity contribution in [3.05, 3.63) is 91.0 Å². The van der Waals surface area contributed by atoms with Crippen LogP contribution in [-0.2, 0) is 0 Å². The van der Waals surface area contributed by atoms with Gasteiger partial charge in [-0.05, 0) is 36.4 Å². The van der Waals surface area contributed by atoms with Crippen molar-refractivity contribution >= 4 is 0 Å². The molecular formula is C30H52O3. The monoisotopic (exact) mass is 460 g/mol. The number of hydrogen-bond donors (Lipinski definition) is 3. The van der Waals surface area contributed by atoms with Gasteiger partial charge in [0.25, 0.3) is 0 Å². The Morgan fingerprint density at radius 1 is 0.364 bits per heavy atom. The average molecular weight is 461 g/mol. The van der Waals surface area contributed by atoms with Crippen molar-refractivity contribution in [2.24, 2.45) is 0 Å². The van der Waals surface area contributed by atoms with Crippen LogP contribution in [0.4, 0.5) is 0 Å². The second kappa shape index (κ2) is 43.0. The van der Waals surface area contributed by atoms with Crippen LogP contribution >= 0.6 is 0 Å². The van der Waals surface area contributed by atoms with E-state index in [4.69, 9.17) is 15.3 Å². The number of benzene rings is 3. The Morgan fingerprint density at radius 2 is 0.485 bits per heavy atom. The number of aromatic hydroxyl groups is 3. The first-order chi connectivity index (χ1) is 16.0. The van der Waals surface area contributed by atoms with Crippen molar-refractivity contribution in [1.29, 1.82) is 0 Å². The molecule has 3 aromatic carbocycles. The summed E-state index contributed by atoms with van der Waals surface area (Å²) in [5, 5.41) is 25.9. The quantitative estimate of drug-likeness (QED) is 0.313. The Balaban J connectivity index is -0.0000000969. The first kappa shape index (κ1) is 40.4. The fourth-order valence-electron chi connectivity index (χ4n) is 1.28. The van der Waals surface area contributed by atoms with Gasteiger partial charge in [0.1, 0.15) is 17.2 Å². The maximum atomic E-state index is 8.63. The lowest BCUT2D eigenvalue weighted by Crippen LogP contribution is -1.56. The van der Waals surface area contributed by atoms with Gasteiger partial charge in [-0.3, -0.25) is 0 Å². The summed E-state index contributed by atoms with van der Waals surface area (Å²) in [6, 6.07) is 26.1. The summed E-state index contributed by atoms with van der Waals surface area (Å²) in [6.07, 6.45) is 2.50. The molecular weight excluding hydrogens is 408 g/mol. The Labute approximate surface area is 205 Å². The van der Waals surface area contributed by atoms with Gasteiger partial charge < -0.3 is 15.3 Å². The second-order valence-electron chi connectivity index (χ2n) is 5.42. The standard InChI is InChI=1S/3C6H6O.2C3H8.3C2H6/c3*7-6-4-2-1-3-5-6;2*1-3-2;3*1-2/h3*1-5,7H;2*3H2,1-2H3;3*1-2H3. The van der Waals surface area contributed by atoms with Crippen molar-refractivity contribution in [3.63, 3.8) is 0 Å². The molecule has 0 atom stereocenters. The van der Waals surface area contributed by atoms with Gasteiger partial charge in [0, 0.05) is 0 Å². The molecule has 0 aromatic heterocycles. The summed E-state index contributed by atoms with van der Waals surface area (Å²) < 4.78 is 0. The summed E-state index contributed by atoms with van der Waals surface area (Å²) >= 11 is 0. The van der Waals surface area contributed by atoms with Crippen LogP contribution in [0.2, 0.25) is 0 Å². The number of rotatable bonds is 0. The molecule has 0 aliphatic heterocycles. The zero-order chi connectivity index (χ0) is 26.8. The van der Waals surface area contributed by atoms with Crippen LogP contribution in [0.25, 0.3) is 0 Å². The number of hydrogen-bond acceptors (Lipinski definition) is 3. The zero-order valence-corrected chi connectivity index (χ0v) is 22.9. The van der Waals surface area contributed by atoms with Gasteiger partial charge in [-0.2, -0.15) is 0 Å². The highest BCUT2D eigenvalue weighted by molar-refractivity contribution is 5.19. The van der Waals surface area contributed by atoms with Crippen LogP contribution in [0.3, 0.4) is 0 Å². The molecule has 3 N–H and O–H groups in total. The fraction of sp³-hybridized carbons (Fsp3) is 0.400. The van der Waals surface area contributed by atoms with Gasteiger partial charge in [0.05, 0.1) is 0 Å².